The molecule has 0 saturated heterocycles. The van der Waals surface area contributed by atoms with Gasteiger partial charge >= 0.3 is 47.6 Å². The third kappa shape index (κ3) is 19.9. The quantitative estimate of drug-likeness (QED) is 0.494. The predicted octanol–water partition coefficient (Wildman–Crippen LogP) is -1.04. The molecule has 5 heavy (non-hydrogen) atoms. The molecule has 0 aliphatic carbocycles. The average Bonchev–Trinajstić information content (AvgIpc) is 1.00. The molecule has 2 radical (unpaired) electrons. The van der Waals surface area contributed by atoms with Gasteiger partial charge in [-0.15, -0.1) is 0 Å². The molecule has 0 rings (SSSR count). The summed E-state index contributed by atoms with van der Waals surface area (Å²) in [5, 5.41) is 0. The van der Waals surface area contributed by atoms with E-state index in [2.05, 4.69) is 0 Å². The topological polar surface area (TPSA) is 17.1 Å². The summed E-state index contributed by atoms with van der Waals surface area (Å²) < 4.78 is 8.25. The van der Waals surface area contributed by atoms with E-state index in [1.165, 1.54) is 0 Å². The van der Waals surface area contributed by atoms with Gasteiger partial charge in [-0.2, -0.15) is 0 Å². The zero-order valence-electron chi connectivity index (χ0n) is 2.47. The van der Waals surface area contributed by atoms with Crippen LogP contribution in [0.3, 0.4) is 0 Å². The number of rotatable bonds is 0. The minimum absolute atomic E-state index is 0. The fourth-order valence-corrected chi connectivity index (χ4v) is 0. The summed E-state index contributed by atoms with van der Waals surface area (Å²) in [7, 11) is 0. The molecule has 0 saturated carbocycles. The Kier molecular flexibility index (Phi) is 145. The normalized spacial score (nSPS) is 0.600. The second-order valence-corrected chi connectivity index (χ2v) is 0. The Balaban J connectivity index is -0.00000000167. The minimum atomic E-state index is 0. The largest absolute Gasteiger partial charge is 0 e. The zero-order valence-corrected chi connectivity index (χ0v) is 12.3. The summed E-state index contributed by atoms with van der Waals surface area (Å²) in [4.78, 5) is 0. The van der Waals surface area contributed by atoms with Gasteiger partial charge in [0.05, 0.1) is 0 Å². The number of hydrogen-bond donors (Lipinski definition) is 0. The fourth-order valence-electron chi connectivity index (χ4n) is 0. The van der Waals surface area contributed by atoms with Crippen LogP contribution in [0.5, 0.6) is 0 Å². The second-order valence-electron chi connectivity index (χ2n) is 0. The van der Waals surface area contributed by atoms with Crippen molar-refractivity contribution in [1.82, 2.24) is 0 Å². The van der Waals surface area contributed by atoms with Crippen LogP contribution in [0.25, 0.3) is 0 Å². The molecule has 0 aliphatic rings. The third-order valence-electron chi connectivity index (χ3n) is 0. The van der Waals surface area contributed by atoms with Crippen molar-refractivity contribution >= 4 is 23.9 Å². The molecule has 0 fully saturated rings. The van der Waals surface area contributed by atoms with E-state index in [9.17, 15) is 0 Å². The smallest absolute Gasteiger partial charge is 0 e. The first-order chi connectivity index (χ1) is 1.00. The van der Waals surface area contributed by atoms with E-state index >= 15 is 0 Å². The van der Waals surface area contributed by atoms with Crippen molar-refractivity contribution in [3.63, 3.8) is 0 Å². The van der Waals surface area contributed by atoms with Crippen LogP contribution in [0, 0.1) is 0 Å². The van der Waals surface area contributed by atoms with E-state index < -0.39 is 0 Å². The van der Waals surface area contributed by atoms with Crippen molar-refractivity contribution in [2.75, 3.05) is 0 Å². The Hall–Kier alpha value is 2.82. The standard InChI is InChI=1S/O.Ru.Sn.Ti.Zr.2H. The maximum Gasteiger partial charge on any atom is 0 e. The van der Waals surface area contributed by atoms with Crippen molar-refractivity contribution < 1.29 is 69.4 Å². The number of hydrogen-bond acceptors (Lipinski definition) is 1. The summed E-state index contributed by atoms with van der Waals surface area (Å²) in [6, 6.07) is 0. The molecule has 5 heteroatoms. The van der Waals surface area contributed by atoms with E-state index in [0.29, 0.717) is 0 Å². The Morgan fingerprint density at radius 1 is 1.20 bits per heavy atom. The molecular weight excluding hydrogens is 375 g/mol. The van der Waals surface area contributed by atoms with Gasteiger partial charge in [-0.1, -0.05) is 0 Å². The van der Waals surface area contributed by atoms with Gasteiger partial charge in [-0.25, -0.2) is 0 Å². The fraction of sp³-hybridized carbons (Fsp3) is 0. The van der Waals surface area contributed by atoms with E-state index in [4.69, 9.17) is 3.32 Å². The molecule has 0 atom stereocenters. The van der Waals surface area contributed by atoms with E-state index in [1.807, 2.05) is 0 Å². The molecule has 0 aliphatic heterocycles. The molecule has 0 amide bonds. The van der Waals surface area contributed by atoms with E-state index in [1.54, 1.807) is 0 Å². The summed E-state index contributed by atoms with van der Waals surface area (Å²) >= 11 is 0.750. The molecule has 0 aromatic heterocycles. The summed E-state index contributed by atoms with van der Waals surface area (Å²) in [5.74, 6) is 0. The van der Waals surface area contributed by atoms with Crippen LogP contribution in [0.2, 0.25) is 0 Å². The molecule has 0 bridgehead atoms. The summed E-state index contributed by atoms with van der Waals surface area (Å²) in [6.45, 7) is 0. The van der Waals surface area contributed by atoms with Crippen LogP contribution < -0.4 is 0 Å². The van der Waals surface area contributed by atoms with Crippen molar-refractivity contribution in [3.05, 3.63) is 0 Å². The maximum atomic E-state index is 8.25. The van der Waals surface area contributed by atoms with Gasteiger partial charge in [0.2, 0.25) is 0 Å². The van der Waals surface area contributed by atoms with Gasteiger partial charge in [-0.05, 0) is 0 Å². The Bertz CT molecular complexity index is 11.6. The van der Waals surface area contributed by atoms with E-state index in [0.717, 1.165) is 20.4 Å². The molecule has 1 nitrogen and oxygen atoms in total. The molecular formula is H2ORuSnTiZr. The zero-order chi connectivity index (χ0) is 2.00. The third-order valence-corrected chi connectivity index (χ3v) is 0. The Morgan fingerprint density at radius 2 is 1.20 bits per heavy atom. The van der Waals surface area contributed by atoms with Crippen LogP contribution in [0.4, 0.5) is 0 Å². The van der Waals surface area contributed by atoms with Crippen LogP contribution in [-0.4, -0.2) is 23.9 Å². The van der Waals surface area contributed by atoms with Gasteiger partial charge < -0.3 is 0 Å². The van der Waals surface area contributed by atoms with Crippen LogP contribution in [0.15, 0.2) is 0 Å². The van der Waals surface area contributed by atoms with Gasteiger partial charge in [0, 0.05) is 45.7 Å². The summed E-state index contributed by atoms with van der Waals surface area (Å²) in [5.41, 5.74) is 0. The molecule has 0 aromatic rings. The molecule has 0 N–H and O–H groups in total. The van der Waals surface area contributed by atoms with E-state index in [-0.39, 0.29) is 69.6 Å². The molecule has 0 aromatic carbocycles. The monoisotopic (exact) mass is 378 g/mol. The van der Waals surface area contributed by atoms with Crippen molar-refractivity contribution in [1.29, 1.82) is 0 Å². The minimum Gasteiger partial charge on any atom is 0 e. The van der Waals surface area contributed by atoms with Gasteiger partial charge in [0.15, 0.2) is 0 Å². The van der Waals surface area contributed by atoms with Crippen molar-refractivity contribution in [3.8, 4) is 0 Å². The first-order valence-electron chi connectivity index (χ1n) is 0.204. The van der Waals surface area contributed by atoms with Crippen LogP contribution in [-0.2, 0) is 69.4 Å². The van der Waals surface area contributed by atoms with Crippen molar-refractivity contribution in [2.45, 2.75) is 0 Å². The first-order valence-corrected chi connectivity index (χ1v) is 0.842. The molecule has 0 heterocycles. The van der Waals surface area contributed by atoms with Gasteiger partial charge in [0.25, 0.3) is 0 Å². The maximum absolute atomic E-state index is 8.25. The van der Waals surface area contributed by atoms with Gasteiger partial charge in [0.1, 0.15) is 0 Å². The van der Waals surface area contributed by atoms with Crippen LogP contribution in [0.1, 0.15) is 0 Å². The Labute approximate surface area is 91.6 Å². The molecule has 0 unspecified atom stereocenters. The SMILES string of the molecule is [O]=[Ti].[Ru].[SnH2].[Zr]. The average molecular weight is 377 g/mol. The first kappa shape index (κ1) is 24.9. The Morgan fingerprint density at radius 3 is 1.20 bits per heavy atom. The van der Waals surface area contributed by atoms with Crippen LogP contribution >= 0.6 is 0 Å². The molecule has 28 valence electrons. The molecule has 0 spiro atoms. The predicted molar refractivity (Wildman–Crippen MR) is 9.23 cm³/mol. The second kappa shape index (κ2) is 29.1. The van der Waals surface area contributed by atoms with Crippen molar-refractivity contribution in [2.24, 2.45) is 0 Å². The van der Waals surface area contributed by atoms with Gasteiger partial charge in [-0.3, -0.25) is 0 Å². The summed E-state index contributed by atoms with van der Waals surface area (Å²) in [6.07, 6.45) is 0.